The number of alkyl carbamates (subject to hydrolysis) is 1. The molecule has 0 unspecified atom stereocenters. The van der Waals surface area contributed by atoms with E-state index in [9.17, 15) is 28.8 Å². The van der Waals surface area contributed by atoms with Crippen molar-refractivity contribution in [1.29, 1.82) is 0 Å². The summed E-state index contributed by atoms with van der Waals surface area (Å²) < 4.78 is 11.1. The van der Waals surface area contributed by atoms with Crippen LogP contribution in [-0.2, 0) is 35.2 Å². The highest BCUT2D eigenvalue weighted by molar-refractivity contribution is 6.00. The lowest BCUT2D eigenvalue weighted by atomic mass is 10.0. The van der Waals surface area contributed by atoms with Gasteiger partial charge in [0.1, 0.15) is 35.4 Å². The number of hydrogen-bond acceptors (Lipinski definition) is 8. The molecule has 14 nitrogen and oxygen atoms in total. The van der Waals surface area contributed by atoms with E-state index in [1.54, 1.807) is 39.8 Å². The molecule has 6 atom stereocenters. The van der Waals surface area contributed by atoms with Gasteiger partial charge in [-0.05, 0) is 64.9 Å². The highest BCUT2D eigenvalue weighted by atomic mass is 16.6. The Kier molecular flexibility index (Phi) is 12.2. The van der Waals surface area contributed by atoms with Crippen LogP contribution in [0.15, 0.2) is 42.5 Å². The van der Waals surface area contributed by atoms with E-state index in [1.807, 2.05) is 42.5 Å². The third-order valence-electron chi connectivity index (χ3n) is 10.1. The Morgan fingerprint density at radius 3 is 2.48 bits per heavy atom. The van der Waals surface area contributed by atoms with Crippen molar-refractivity contribution in [3.63, 3.8) is 0 Å². The van der Waals surface area contributed by atoms with E-state index in [0.29, 0.717) is 45.2 Å². The Balaban J connectivity index is 1.39. The first-order chi connectivity index (χ1) is 24.7. The van der Waals surface area contributed by atoms with Crippen molar-refractivity contribution in [3.8, 4) is 0 Å². The van der Waals surface area contributed by atoms with Crippen LogP contribution in [0.25, 0.3) is 0 Å². The van der Waals surface area contributed by atoms with Crippen LogP contribution in [0.1, 0.15) is 84.1 Å². The molecule has 0 spiro atoms. The number of fused-ring (bicyclic) bond motifs is 2. The van der Waals surface area contributed by atoms with Crippen molar-refractivity contribution in [2.75, 3.05) is 27.2 Å². The van der Waals surface area contributed by atoms with Crippen molar-refractivity contribution in [3.05, 3.63) is 48.0 Å². The van der Waals surface area contributed by atoms with E-state index >= 15 is 0 Å². The maximum Gasteiger partial charge on any atom is 0.409 e. The Bertz CT molecular complexity index is 1530. The number of ether oxygens (including phenoxy) is 2. The Hall–Kier alpha value is -4.62. The summed E-state index contributed by atoms with van der Waals surface area (Å²) in [5.74, 6) is -1.92. The number of carbonyl (C=O) groups excluding carboxylic acids is 6. The van der Waals surface area contributed by atoms with Crippen molar-refractivity contribution < 1.29 is 38.2 Å². The third kappa shape index (κ3) is 9.43. The number of carbonyl (C=O) groups is 6. The average Bonchev–Trinajstić information content (AvgIpc) is 3.38. The zero-order valence-electron chi connectivity index (χ0n) is 31.0. The van der Waals surface area contributed by atoms with Crippen molar-refractivity contribution in [2.24, 2.45) is 5.92 Å². The molecule has 14 heteroatoms. The second-order valence-electron chi connectivity index (χ2n) is 15.5. The predicted octanol–water partition coefficient (Wildman–Crippen LogP) is 3.25. The molecule has 1 aliphatic carbocycles. The third-order valence-corrected chi connectivity index (χ3v) is 10.1. The van der Waals surface area contributed by atoms with E-state index in [1.165, 1.54) is 9.80 Å². The average molecular weight is 723 g/mol. The molecule has 1 saturated carbocycles. The summed E-state index contributed by atoms with van der Waals surface area (Å²) in [5, 5.41) is 8.73. The van der Waals surface area contributed by atoms with Gasteiger partial charge in [0.2, 0.25) is 23.6 Å². The summed E-state index contributed by atoms with van der Waals surface area (Å²) in [5.41, 5.74) is -1.14. The van der Waals surface area contributed by atoms with Crippen LogP contribution >= 0.6 is 0 Å². The lowest BCUT2D eigenvalue weighted by Crippen LogP contribution is -2.59. The first kappa shape index (κ1) is 38.6. The number of nitrogens with zero attached hydrogens (tertiary/aromatic N) is 3. The zero-order valence-corrected chi connectivity index (χ0v) is 31.0. The molecule has 52 heavy (non-hydrogen) atoms. The molecule has 3 aliphatic heterocycles. The second-order valence-corrected chi connectivity index (χ2v) is 15.5. The standard InChI is InChI=1S/C38H54N6O8/c1-37(2,3)52-35(49)40-28-18-13-8-6-7-12-17-26-22-38(26,41-32(46)30-21-27(24-44(30)33(28)47)51-36(50)42(4)5)34(48)43-20-14-19-29(43)31(45)39-23-25-15-10-9-11-16-25/h9-12,15-17,26-30H,6-8,13-14,18-24H2,1-5H3,(H,39,45)(H,40,49)(H,41,46)/b17-12-/t26-,27-,28+,29-,30+,38-/m1/s1. The molecule has 5 rings (SSSR count). The maximum atomic E-state index is 14.5. The largest absolute Gasteiger partial charge is 0.444 e. The van der Waals surface area contributed by atoms with Crippen molar-refractivity contribution in [2.45, 2.75) is 120 Å². The monoisotopic (exact) mass is 722 g/mol. The van der Waals surface area contributed by atoms with Crippen molar-refractivity contribution >= 4 is 35.8 Å². The van der Waals surface area contributed by atoms with Crippen LogP contribution in [-0.4, -0.2) is 113 Å². The molecular formula is C38H54N6O8. The van der Waals surface area contributed by atoms with Crippen molar-refractivity contribution in [1.82, 2.24) is 30.7 Å². The smallest absolute Gasteiger partial charge is 0.409 e. The van der Waals surface area contributed by atoms with Crippen LogP contribution in [0.4, 0.5) is 9.59 Å². The van der Waals surface area contributed by atoms with Crippen LogP contribution in [0.3, 0.4) is 0 Å². The Morgan fingerprint density at radius 1 is 1.02 bits per heavy atom. The van der Waals surface area contributed by atoms with E-state index in [0.717, 1.165) is 24.8 Å². The van der Waals surface area contributed by atoms with Gasteiger partial charge in [0.25, 0.3) is 0 Å². The van der Waals surface area contributed by atoms with Crippen LogP contribution in [0, 0.1) is 5.92 Å². The van der Waals surface area contributed by atoms with E-state index in [4.69, 9.17) is 9.47 Å². The molecule has 6 amide bonds. The first-order valence-electron chi connectivity index (χ1n) is 18.5. The lowest BCUT2D eigenvalue weighted by molar-refractivity contribution is -0.145. The molecule has 3 N–H and O–H groups in total. The fourth-order valence-electron chi connectivity index (χ4n) is 7.29. The lowest BCUT2D eigenvalue weighted by Gasteiger charge is -2.32. The summed E-state index contributed by atoms with van der Waals surface area (Å²) >= 11 is 0. The molecule has 3 fully saturated rings. The Morgan fingerprint density at radius 2 is 1.77 bits per heavy atom. The molecule has 284 valence electrons. The topological polar surface area (TPSA) is 167 Å². The zero-order chi connectivity index (χ0) is 37.6. The number of amides is 6. The van der Waals surface area contributed by atoms with Crippen LogP contribution < -0.4 is 16.0 Å². The van der Waals surface area contributed by atoms with Gasteiger partial charge in [-0.2, -0.15) is 0 Å². The SMILES string of the molecule is CN(C)C(=O)O[C@@H]1C[C@H]2C(=O)N[C@]3(C(=O)N4CCC[C@@H]4C(=O)NCc4ccccc4)C[C@H]3/C=C\CCCCC[C@H](NC(=O)OC(C)(C)C)C(=O)N2C1. The fraction of sp³-hybridized carbons (Fsp3) is 0.632. The number of rotatable bonds is 6. The molecule has 2 saturated heterocycles. The van der Waals surface area contributed by atoms with Gasteiger partial charge in [-0.1, -0.05) is 55.3 Å². The van der Waals surface area contributed by atoms with Gasteiger partial charge in [-0.25, -0.2) is 9.59 Å². The summed E-state index contributed by atoms with van der Waals surface area (Å²) in [6, 6.07) is 6.79. The molecular weight excluding hydrogens is 668 g/mol. The normalized spacial score (nSPS) is 28.6. The second kappa shape index (κ2) is 16.4. The maximum absolute atomic E-state index is 14.5. The minimum atomic E-state index is -1.29. The summed E-state index contributed by atoms with van der Waals surface area (Å²) in [4.78, 5) is 86.2. The minimum Gasteiger partial charge on any atom is -0.444 e. The number of benzene rings is 1. The molecule has 3 heterocycles. The fourth-order valence-corrected chi connectivity index (χ4v) is 7.29. The molecule has 1 aromatic rings. The quantitative estimate of drug-likeness (QED) is 0.377. The summed E-state index contributed by atoms with van der Waals surface area (Å²) in [7, 11) is 3.08. The van der Waals surface area contributed by atoms with Gasteiger partial charge in [0.05, 0.1) is 6.54 Å². The Labute approximate surface area is 306 Å². The van der Waals surface area contributed by atoms with E-state index < -0.39 is 59.4 Å². The highest BCUT2D eigenvalue weighted by Gasteiger charge is 2.63. The number of nitrogens with one attached hydrogen (secondary N) is 3. The molecule has 1 aromatic carbocycles. The summed E-state index contributed by atoms with van der Waals surface area (Å²) in [6.07, 6.45) is 6.68. The van der Waals surface area contributed by atoms with Gasteiger partial charge in [0, 0.05) is 39.5 Å². The highest BCUT2D eigenvalue weighted by Crippen LogP contribution is 2.47. The molecule has 0 radical (unpaired) electrons. The van der Waals surface area contributed by atoms with E-state index in [2.05, 4.69) is 16.0 Å². The number of allylic oxidation sites excluding steroid dienone is 1. The molecule has 4 aliphatic rings. The number of hydrogen-bond donors (Lipinski definition) is 3. The predicted molar refractivity (Wildman–Crippen MR) is 191 cm³/mol. The van der Waals surface area contributed by atoms with Gasteiger partial charge in [-0.15, -0.1) is 0 Å². The first-order valence-corrected chi connectivity index (χ1v) is 18.5. The van der Waals surface area contributed by atoms with Gasteiger partial charge in [0.15, 0.2) is 0 Å². The van der Waals surface area contributed by atoms with Crippen LogP contribution in [0.2, 0.25) is 0 Å². The van der Waals surface area contributed by atoms with Gasteiger partial charge >= 0.3 is 12.2 Å². The number of likely N-dealkylation sites (tertiary alicyclic amines) is 1. The molecule has 0 bridgehead atoms. The summed E-state index contributed by atoms with van der Waals surface area (Å²) in [6.45, 7) is 5.83. The van der Waals surface area contributed by atoms with E-state index in [-0.39, 0.29) is 30.7 Å². The minimum absolute atomic E-state index is 0.00924. The van der Waals surface area contributed by atoms with Crippen LogP contribution in [0.5, 0.6) is 0 Å². The van der Waals surface area contributed by atoms with Gasteiger partial charge < -0.3 is 40.1 Å². The van der Waals surface area contributed by atoms with Gasteiger partial charge in [-0.3, -0.25) is 19.2 Å². The molecule has 0 aromatic heterocycles.